The molecule has 0 aliphatic heterocycles. The van der Waals surface area contributed by atoms with Crippen molar-refractivity contribution >= 4 is 5.97 Å². The van der Waals surface area contributed by atoms with Gasteiger partial charge in [-0.25, -0.2) is 4.79 Å². The Morgan fingerprint density at radius 1 is 1.12 bits per heavy atom. The van der Waals surface area contributed by atoms with Gasteiger partial charge in [0.1, 0.15) is 0 Å². The fourth-order valence-corrected chi connectivity index (χ4v) is 0.704. The van der Waals surface area contributed by atoms with Crippen molar-refractivity contribution in [3.8, 4) is 0 Å². The Bertz CT molecular complexity index is 329. The normalized spacial score (nSPS) is 14.9. The molecule has 9 heteroatoms. The Balaban J connectivity index is 5.05. The maximum atomic E-state index is 12.6. The molecule has 0 unspecified atom stereocenters. The molecule has 0 aliphatic rings. The molecule has 0 aromatic carbocycles. The van der Waals surface area contributed by atoms with Crippen molar-refractivity contribution < 1.29 is 40.6 Å². The SMILES string of the molecule is C/C(=C\CC(F)(F)C(F)(F)C(F)(F)F)C(=O)O. The molecule has 0 atom stereocenters. The van der Waals surface area contributed by atoms with Gasteiger partial charge in [-0.3, -0.25) is 0 Å². The molecule has 0 saturated heterocycles. The fraction of sp³-hybridized carbons (Fsp3) is 0.625. The van der Waals surface area contributed by atoms with E-state index >= 15 is 0 Å². The van der Waals surface area contributed by atoms with E-state index in [4.69, 9.17) is 5.11 Å². The number of carboxylic acid groups (broad SMARTS) is 1. The van der Waals surface area contributed by atoms with Crippen LogP contribution in [-0.4, -0.2) is 29.1 Å². The van der Waals surface area contributed by atoms with E-state index in [-0.39, 0.29) is 6.08 Å². The van der Waals surface area contributed by atoms with E-state index in [1.54, 1.807) is 0 Å². The van der Waals surface area contributed by atoms with Crippen molar-refractivity contribution in [3.05, 3.63) is 11.6 Å². The summed E-state index contributed by atoms with van der Waals surface area (Å²) in [5.74, 6) is -13.3. The first kappa shape index (κ1) is 15.7. The summed E-state index contributed by atoms with van der Waals surface area (Å²) in [6.07, 6.45) is -8.30. The molecule has 0 aliphatic carbocycles. The van der Waals surface area contributed by atoms with Gasteiger partial charge in [-0.15, -0.1) is 0 Å². The van der Waals surface area contributed by atoms with Gasteiger partial charge in [0.25, 0.3) is 0 Å². The van der Waals surface area contributed by atoms with Crippen LogP contribution >= 0.6 is 0 Å². The average molecular weight is 268 g/mol. The number of halogens is 7. The van der Waals surface area contributed by atoms with Crippen molar-refractivity contribution in [1.29, 1.82) is 0 Å². The first-order valence-electron chi connectivity index (χ1n) is 4.05. The highest BCUT2D eigenvalue weighted by Crippen LogP contribution is 2.48. The lowest BCUT2D eigenvalue weighted by Crippen LogP contribution is -2.51. The predicted molar refractivity (Wildman–Crippen MR) is 42.0 cm³/mol. The lowest BCUT2D eigenvalue weighted by Gasteiger charge is -2.27. The highest BCUT2D eigenvalue weighted by Gasteiger charge is 2.72. The van der Waals surface area contributed by atoms with Gasteiger partial charge >= 0.3 is 24.0 Å². The van der Waals surface area contributed by atoms with Crippen molar-refractivity contribution in [1.82, 2.24) is 0 Å². The van der Waals surface area contributed by atoms with Crippen LogP contribution in [0.5, 0.6) is 0 Å². The second kappa shape index (κ2) is 4.53. The van der Waals surface area contributed by atoms with E-state index in [9.17, 15) is 35.5 Å². The van der Waals surface area contributed by atoms with Crippen molar-refractivity contribution in [3.63, 3.8) is 0 Å². The first-order valence-corrected chi connectivity index (χ1v) is 4.05. The highest BCUT2D eigenvalue weighted by atomic mass is 19.4. The molecule has 0 fully saturated rings. The van der Waals surface area contributed by atoms with Gasteiger partial charge < -0.3 is 5.11 Å². The van der Waals surface area contributed by atoms with Crippen LogP contribution in [0.15, 0.2) is 11.6 Å². The third-order valence-electron chi connectivity index (χ3n) is 1.82. The zero-order valence-electron chi connectivity index (χ0n) is 8.29. The van der Waals surface area contributed by atoms with Gasteiger partial charge in [0.05, 0.1) is 0 Å². The summed E-state index contributed by atoms with van der Waals surface area (Å²) in [6, 6.07) is 0. The number of aliphatic carboxylic acids is 1. The molecule has 1 N–H and O–H groups in total. The molecule has 0 spiro atoms. The molecule has 0 bridgehead atoms. The number of carbonyl (C=O) groups is 1. The Morgan fingerprint density at radius 3 is 1.82 bits per heavy atom. The molecule has 0 radical (unpaired) electrons. The molecular weight excluding hydrogens is 261 g/mol. The topological polar surface area (TPSA) is 37.3 Å². The Hall–Kier alpha value is -1.28. The Kier molecular flexibility index (Phi) is 4.19. The van der Waals surface area contributed by atoms with Crippen LogP contribution in [0.3, 0.4) is 0 Å². The number of hydrogen-bond donors (Lipinski definition) is 1. The van der Waals surface area contributed by atoms with E-state index in [0.717, 1.165) is 6.92 Å². The third-order valence-corrected chi connectivity index (χ3v) is 1.82. The molecule has 17 heavy (non-hydrogen) atoms. The van der Waals surface area contributed by atoms with Gasteiger partial charge in [-0.2, -0.15) is 30.7 Å². The van der Waals surface area contributed by atoms with Crippen LogP contribution in [-0.2, 0) is 4.79 Å². The van der Waals surface area contributed by atoms with Gasteiger partial charge in [-0.1, -0.05) is 6.08 Å². The smallest absolute Gasteiger partial charge is 0.459 e. The van der Waals surface area contributed by atoms with Gasteiger partial charge in [0, 0.05) is 12.0 Å². The fourth-order valence-electron chi connectivity index (χ4n) is 0.704. The van der Waals surface area contributed by atoms with E-state index in [0.29, 0.717) is 0 Å². The standard InChI is InChI=1S/C8H7F7O2/c1-4(5(16)17)2-3-6(9,10)7(11,12)8(13,14)15/h2H,3H2,1H3,(H,16,17)/b4-2+. The van der Waals surface area contributed by atoms with E-state index in [1.165, 1.54) is 0 Å². The van der Waals surface area contributed by atoms with Crippen molar-refractivity contribution in [2.24, 2.45) is 0 Å². The summed E-state index contributed by atoms with van der Waals surface area (Å²) in [5, 5.41) is 8.22. The predicted octanol–water partition coefficient (Wildman–Crippen LogP) is 3.24. The maximum absolute atomic E-state index is 12.6. The van der Waals surface area contributed by atoms with Crippen LogP contribution < -0.4 is 0 Å². The summed E-state index contributed by atoms with van der Waals surface area (Å²) in [6.45, 7) is 0.796. The molecule has 0 saturated carbocycles. The minimum atomic E-state index is -6.40. The van der Waals surface area contributed by atoms with Crippen LogP contribution in [0, 0.1) is 0 Å². The monoisotopic (exact) mass is 268 g/mol. The highest BCUT2D eigenvalue weighted by molar-refractivity contribution is 5.85. The Labute approximate surface area is 90.7 Å². The van der Waals surface area contributed by atoms with Gasteiger partial charge in [-0.05, 0) is 6.92 Å². The summed E-state index contributed by atoms with van der Waals surface area (Å²) in [5.41, 5.74) is -0.748. The zero-order valence-corrected chi connectivity index (χ0v) is 8.29. The second-order valence-corrected chi connectivity index (χ2v) is 3.17. The average Bonchev–Trinajstić information content (AvgIpc) is 2.11. The summed E-state index contributed by atoms with van der Waals surface area (Å²) in [7, 11) is 0. The Morgan fingerprint density at radius 2 is 1.53 bits per heavy atom. The molecule has 100 valence electrons. The second-order valence-electron chi connectivity index (χ2n) is 3.17. The first-order chi connectivity index (χ1) is 7.33. The summed E-state index contributed by atoms with van der Waals surface area (Å²) in [4.78, 5) is 10.1. The minimum Gasteiger partial charge on any atom is -0.478 e. The lowest BCUT2D eigenvalue weighted by molar-refractivity contribution is -0.353. The van der Waals surface area contributed by atoms with E-state index in [2.05, 4.69) is 0 Å². The van der Waals surface area contributed by atoms with Crippen LogP contribution in [0.25, 0.3) is 0 Å². The van der Waals surface area contributed by atoms with Crippen molar-refractivity contribution in [2.75, 3.05) is 0 Å². The quantitative estimate of drug-likeness (QED) is 0.627. The number of hydrogen-bond acceptors (Lipinski definition) is 1. The summed E-state index contributed by atoms with van der Waals surface area (Å²) < 4.78 is 84.8. The van der Waals surface area contributed by atoms with E-state index in [1.807, 2.05) is 0 Å². The molecule has 0 amide bonds. The summed E-state index contributed by atoms with van der Waals surface area (Å²) >= 11 is 0. The molecule has 2 nitrogen and oxygen atoms in total. The molecular formula is C8H7F7O2. The zero-order chi connectivity index (χ0) is 14.1. The van der Waals surface area contributed by atoms with Crippen LogP contribution in [0.1, 0.15) is 13.3 Å². The number of rotatable bonds is 4. The van der Waals surface area contributed by atoms with Gasteiger partial charge in [0.15, 0.2) is 0 Å². The maximum Gasteiger partial charge on any atom is 0.459 e. The number of alkyl halides is 7. The van der Waals surface area contributed by atoms with Crippen LogP contribution in [0.4, 0.5) is 30.7 Å². The molecule has 0 heterocycles. The minimum absolute atomic E-state index is 0.113. The molecule has 0 aromatic rings. The van der Waals surface area contributed by atoms with E-state index < -0.39 is 36.0 Å². The van der Waals surface area contributed by atoms with Gasteiger partial charge in [0.2, 0.25) is 0 Å². The van der Waals surface area contributed by atoms with Crippen LogP contribution in [0.2, 0.25) is 0 Å². The molecule has 0 aromatic heterocycles. The molecule has 0 rings (SSSR count). The largest absolute Gasteiger partial charge is 0.478 e. The van der Waals surface area contributed by atoms with Crippen molar-refractivity contribution in [2.45, 2.75) is 31.4 Å². The number of allylic oxidation sites excluding steroid dienone is 1. The third kappa shape index (κ3) is 3.34. The lowest BCUT2D eigenvalue weighted by atomic mass is 10.1. The number of carboxylic acids is 1.